The number of halogens is 1. The van der Waals surface area contributed by atoms with Crippen molar-refractivity contribution in [3.63, 3.8) is 0 Å². The first-order chi connectivity index (χ1) is 8.56. The number of benzene rings is 1. The highest BCUT2D eigenvalue weighted by Gasteiger charge is 2.15. The molecular weight excluding hydrogens is 253 g/mol. The van der Waals surface area contributed by atoms with Gasteiger partial charge in [-0.3, -0.25) is 4.79 Å². The van der Waals surface area contributed by atoms with Crippen molar-refractivity contribution in [1.82, 2.24) is 4.72 Å². The smallest absolute Gasteiger partial charge is 0.184 e. The van der Waals surface area contributed by atoms with Crippen molar-refractivity contribution < 1.29 is 13.7 Å². The predicted octanol–water partition coefficient (Wildman–Crippen LogP) is 2.37. The Morgan fingerprint density at radius 3 is 2.89 bits per heavy atom. The second-order valence-electron chi connectivity index (χ2n) is 4.08. The van der Waals surface area contributed by atoms with Crippen molar-refractivity contribution in [3.05, 3.63) is 35.1 Å². The summed E-state index contributed by atoms with van der Waals surface area (Å²) in [5.41, 5.74) is 0.489. The minimum Gasteiger partial charge on any atom is -0.598 e. The Hall–Kier alpha value is -0.910. The number of aryl methyl sites for hydroxylation is 1. The number of hydrogen-bond acceptors (Lipinski definition) is 3. The molecule has 0 bridgehead atoms. The molecule has 0 aliphatic carbocycles. The summed E-state index contributed by atoms with van der Waals surface area (Å²) >= 11 is -1.22. The van der Waals surface area contributed by atoms with E-state index < -0.39 is 17.2 Å². The van der Waals surface area contributed by atoms with Gasteiger partial charge in [0.2, 0.25) is 0 Å². The summed E-state index contributed by atoms with van der Waals surface area (Å²) in [6.45, 7) is 3.51. The Bertz CT molecular complexity index is 412. The molecule has 0 amide bonds. The molecule has 18 heavy (non-hydrogen) atoms. The molecule has 1 aromatic carbocycles. The summed E-state index contributed by atoms with van der Waals surface area (Å²) in [5, 5.41) is 0. The highest BCUT2D eigenvalue weighted by molar-refractivity contribution is 7.89. The molecule has 1 atom stereocenters. The molecule has 0 aromatic heterocycles. The Balaban J connectivity index is 2.53. The van der Waals surface area contributed by atoms with Gasteiger partial charge in [0.15, 0.2) is 5.78 Å². The van der Waals surface area contributed by atoms with E-state index in [1.165, 1.54) is 6.07 Å². The number of rotatable bonds is 7. The van der Waals surface area contributed by atoms with Gasteiger partial charge in [-0.1, -0.05) is 25.5 Å². The van der Waals surface area contributed by atoms with E-state index in [2.05, 4.69) is 4.72 Å². The molecule has 0 saturated heterocycles. The van der Waals surface area contributed by atoms with Gasteiger partial charge in [-0.05, 0) is 25.0 Å². The topological polar surface area (TPSA) is 52.2 Å². The van der Waals surface area contributed by atoms with E-state index >= 15 is 0 Å². The molecule has 1 rings (SSSR count). The zero-order valence-corrected chi connectivity index (χ0v) is 11.5. The maximum absolute atomic E-state index is 13.7. The van der Waals surface area contributed by atoms with E-state index in [0.29, 0.717) is 11.3 Å². The van der Waals surface area contributed by atoms with Crippen LogP contribution in [0.25, 0.3) is 0 Å². The molecular formula is C13H18FNO2S. The van der Waals surface area contributed by atoms with Crippen LogP contribution in [0, 0.1) is 12.7 Å². The van der Waals surface area contributed by atoms with Crippen molar-refractivity contribution in [2.75, 3.05) is 12.3 Å². The lowest BCUT2D eigenvalue weighted by Gasteiger charge is -2.10. The molecule has 1 N–H and O–H groups in total. The van der Waals surface area contributed by atoms with E-state index in [0.717, 1.165) is 12.8 Å². The lowest BCUT2D eigenvalue weighted by atomic mass is 10.1. The maximum Gasteiger partial charge on any atom is 0.184 e. The predicted molar refractivity (Wildman–Crippen MR) is 71.4 cm³/mol. The van der Waals surface area contributed by atoms with E-state index in [9.17, 15) is 13.7 Å². The van der Waals surface area contributed by atoms with Crippen LogP contribution in [0.5, 0.6) is 0 Å². The molecule has 1 unspecified atom stereocenters. The molecule has 3 nitrogen and oxygen atoms in total. The Labute approximate surface area is 110 Å². The van der Waals surface area contributed by atoms with Gasteiger partial charge in [0.05, 0.1) is 5.56 Å². The maximum atomic E-state index is 13.7. The summed E-state index contributed by atoms with van der Waals surface area (Å²) in [6.07, 6.45) is 1.79. The van der Waals surface area contributed by atoms with Gasteiger partial charge >= 0.3 is 0 Å². The average molecular weight is 271 g/mol. The van der Waals surface area contributed by atoms with Crippen molar-refractivity contribution in [3.8, 4) is 0 Å². The zero-order chi connectivity index (χ0) is 13.5. The largest absolute Gasteiger partial charge is 0.598 e. The van der Waals surface area contributed by atoms with Crippen LogP contribution in [0.15, 0.2) is 18.2 Å². The summed E-state index contributed by atoms with van der Waals surface area (Å²) in [4.78, 5) is 11.8. The number of carbonyl (C=O) groups excluding carboxylic acids is 1. The fourth-order valence-electron chi connectivity index (χ4n) is 1.45. The lowest BCUT2D eigenvalue weighted by molar-refractivity contribution is 0.0993. The SMILES string of the molecule is CCCC[S+]([O-])NCC(=O)c1cccc(C)c1F. The highest BCUT2D eigenvalue weighted by Crippen LogP contribution is 2.12. The highest BCUT2D eigenvalue weighted by atomic mass is 32.2. The van der Waals surface area contributed by atoms with Gasteiger partial charge in [0, 0.05) is 11.4 Å². The number of nitrogens with one attached hydrogen (secondary N) is 1. The first-order valence-corrected chi connectivity index (χ1v) is 7.28. The zero-order valence-electron chi connectivity index (χ0n) is 10.7. The quantitative estimate of drug-likeness (QED) is 0.612. The van der Waals surface area contributed by atoms with Gasteiger partial charge in [0.1, 0.15) is 18.1 Å². The van der Waals surface area contributed by atoms with Gasteiger partial charge in [-0.25, -0.2) is 4.39 Å². The fraction of sp³-hybridized carbons (Fsp3) is 0.462. The van der Waals surface area contributed by atoms with Gasteiger partial charge < -0.3 is 4.55 Å². The number of ketones is 1. The molecule has 5 heteroatoms. The third-order valence-corrected chi connectivity index (χ3v) is 3.69. The van der Waals surface area contributed by atoms with E-state index in [1.807, 2.05) is 6.92 Å². The molecule has 0 saturated carbocycles. The fourth-order valence-corrected chi connectivity index (χ4v) is 2.44. The molecule has 0 fully saturated rings. The van der Waals surface area contributed by atoms with Crippen molar-refractivity contribution in [1.29, 1.82) is 0 Å². The van der Waals surface area contributed by atoms with Gasteiger partial charge in [0.25, 0.3) is 0 Å². The van der Waals surface area contributed by atoms with Crippen LogP contribution in [0.3, 0.4) is 0 Å². The molecule has 0 spiro atoms. The van der Waals surface area contributed by atoms with Crippen LogP contribution >= 0.6 is 0 Å². The Morgan fingerprint density at radius 2 is 2.22 bits per heavy atom. The third kappa shape index (κ3) is 4.40. The van der Waals surface area contributed by atoms with Gasteiger partial charge in [-0.2, -0.15) is 0 Å². The monoisotopic (exact) mass is 271 g/mol. The van der Waals surface area contributed by atoms with Crippen LogP contribution in [0.4, 0.5) is 4.39 Å². The summed E-state index contributed by atoms with van der Waals surface area (Å²) in [5.74, 6) is -0.357. The van der Waals surface area contributed by atoms with E-state index in [4.69, 9.17) is 0 Å². The van der Waals surface area contributed by atoms with Crippen LogP contribution < -0.4 is 4.72 Å². The first-order valence-electron chi connectivity index (χ1n) is 5.96. The summed E-state index contributed by atoms with van der Waals surface area (Å²) in [7, 11) is 0. The average Bonchev–Trinajstić information content (AvgIpc) is 2.36. The number of carbonyl (C=O) groups is 1. The van der Waals surface area contributed by atoms with Crippen LogP contribution in [0.2, 0.25) is 0 Å². The molecule has 1 aromatic rings. The number of hydrogen-bond donors (Lipinski definition) is 1. The molecule has 0 heterocycles. The lowest BCUT2D eigenvalue weighted by Crippen LogP contribution is -2.32. The molecule has 0 radical (unpaired) electrons. The first kappa shape index (κ1) is 15.1. The number of Topliss-reactive ketones (excluding diaryl/α,β-unsaturated/α-hetero) is 1. The standard InChI is InChI=1S/C13H18FNO2S/c1-3-4-8-18(17)15-9-12(16)11-7-5-6-10(2)13(11)14/h5-7,15H,3-4,8-9H2,1-2H3. The number of unbranched alkanes of at least 4 members (excludes halogenated alkanes) is 1. The van der Waals surface area contributed by atoms with Crippen LogP contribution in [0.1, 0.15) is 35.7 Å². The van der Waals surface area contributed by atoms with E-state index in [-0.39, 0.29) is 17.9 Å². The summed E-state index contributed by atoms with van der Waals surface area (Å²) < 4.78 is 27.7. The minimum absolute atomic E-state index is 0.0509. The molecule has 0 aliphatic heterocycles. The Morgan fingerprint density at radius 1 is 1.50 bits per heavy atom. The van der Waals surface area contributed by atoms with Crippen LogP contribution in [-0.4, -0.2) is 22.6 Å². The summed E-state index contributed by atoms with van der Waals surface area (Å²) in [6, 6.07) is 4.69. The van der Waals surface area contributed by atoms with Crippen molar-refractivity contribution in [2.45, 2.75) is 26.7 Å². The third-order valence-electron chi connectivity index (χ3n) is 2.57. The normalized spacial score (nSPS) is 12.4. The van der Waals surface area contributed by atoms with Gasteiger partial charge in [-0.15, -0.1) is 4.72 Å². The second kappa shape index (κ2) is 7.51. The van der Waals surface area contributed by atoms with Crippen molar-refractivity contribution >= 4 is 17.1 Å². The molecule has 100 valence electrons. The van der Waals surface area contributed by atoms with Crippen molar-refractivity contribution in [2.24, 2.45) is 0 Å². The minimum atomic E-state index is -1.22. The van der Waals surface area contributed by atoms with E-state index in [1.54, 1.807) is 19.1 Å². The van der Waals surface area contributed by atoms with Crippen LogP contribution in [-0.2, 0) is 11.4 Å². The Kier molecular flexibility index (Phi) is 6.32. The molecule has 0 aliphatic rings. The second-order valence-corrected chi connectivity index (χ2v) is 5.47.